The van der Waals surface area contributed by atoms with Gasteiger partial charge in [0.05, 0.1) is 23.8 Å². The van der Waals surface area contributed by atoms with E-state index in [0.29, 0.717) is 0 Å². The second kappa shape index (κ2) is 9.84. The van der Waals surface area contributed by atoms with Gasteiger partial charge in [0, 0.05) is 31.7 Å². The number of piperidine rings is 1. The summed E-state index contributed by atoms with van der Waals surface area (Å²) in [6.45, 7) is 2.53. The summed E-state index contributed by atoms with van der Waals surface area (Å²) in [5.74, 6) is -1.47. The van der Waals surface area contributed by atoms with Gasteiger partial charge in [0.15, 0.2) is 0 Å². The van der Waals surface area contributed by atoms with Crippen molar-refractivity contribution in [2.45, 2.75) is 25.4 Å². The molecule has 0 unspecified atom stereocenters. The minimum atomic E-state index is -0.839. The van der Waals surface area contributed by atoms with Crippen LogP contribution in [0, 0.1) is 10.1 Å². The second-order valence-corrected chi connectivity index (χ2v) is 7.11. The Morgan fingerprint density at radius 3 is 2.47 bits per heavy atom. The van der Waals surface area contributed by atoms with Crippen molar-refractivity contribution in [1.29, 1.82) is 0 Å². The summed E-state index contributed by atoms with van der Waals surface area (Å²) in [6.07, 6.45) is 1.51. The fraction of sp³-hybridized carbons (Fsp3) is 0.333. The van der Waals surface area contributed by atoms with Crippen LogP contribution in [0.2, 0.25) is 0 Å². The molecule has 1 fully saturated rings. The van der Waals surface area contributed by atoms with Crippen molar-refractivity contribution in [1.82, 2.24) is 10.2 Å². The Bertz CT molecular complexity index is 911. The van der Waals surface area contributed by atoms with E-state index < -0.39 is 16.7 Å². The summed E-state index contributed by atoms with van der Waals surface area (Å²) in [4.78, 5) is 37.1. The normalized spacial score (nSPS) is 14.7. The number of nitrogens with one attached hydrogen (secondary N) is 2. The van der Waals surface area contributed by atoms with Crippen LogP contribution >= 0.6 is 0 Å². The molecule has 0 spiro atoms. The zero-order valence-corrected chi connectivity index (χ0v) is 16.7. The molecule has 1 aliphatic heterocycles. The lowest BCUT2D eigenvalue weighted by Crippen LogP contribution is -2.47. The number of methoxy groups -OCH3 is 1. The van der Waals surface area contributed by atoms with Gasteiger partial charge in [-0.1, -0.05) is 30.3 Å². The summed E-state index contributed by atoms with van der Waals surface area (Å²) in [7, 11) is 1.33. The molecule has 2 aromatic rings. The van der Waals surface area contributed by atoms with Crippen LogP contribution in [0.15, 0.2) is 48.5 Å². The van der Waals surface area contributed by atoms with E-state index in [4.69, 9.17) is 4.74 Å². The fourth-order valence-corrected chi connectivity index (χ4v) is 3.40. The SMILES string of the molecule is COc1cc([N+](=O)[O-])ccc1NC(=O)C(=O)NC1CCN(Cc2ccccc2)CC1. The van der Waals surface area contributed by atoms with Crippen LogP contribution in [0.1, 0.15) is 18.4 Å². The first-order valence-corrected chi connectivity index (χ1v) is 9.67. The lowest BCUT2D eigenvalue weighted by atomic mass is 10.0. The Labute approximate surface area is 174 Å². The van der Waals surface area contributed by atoms with Crippen LogP contribution in [0.3, 0.4) is 0 Å². The highest BCUT2D eigenvalue weighted by Crippen LogP contribution is 2.28. The van der Waals surface area contributed by atoms with E-state index in [1.54, 1.807) is 0 Å². The molecule has 0 bridgehead atoms. The molecule has 9 nitrogen and oxygen atoms in total. The zero-order valence-electron chi connectivity index (χ0n) is 16.7. The van der Waals surface area contributed by atoms with Crippen LogP contribution in [0.5, 0.6) is 5.75 Å². The second-order valence-electron chi connectivity index (χ2n) is 7.11. The van der Waals surface area contributed by atoms with E-state index in [0.717, 1.165) is 32.5 Å². The van der Waals surface area contributed by atoms with Crippen LogP contribution in [0.25, 0.3) is 0 Å². The number of nitro benzene ring substituents is 1. The van der Waals surface area contributed by atoms with E-state index in [9.17, 15) is 19.7 Å². The first-order valence-electron chi connectivity index (χ1n) is 9.67. The maximum Gasteiger partial charge on any atom is 0.313 e. The molecule has 0 radical (unpaired) electrons. The Morgan fingerprint density at radius 2 is 1.83 bits per heavy atom. The predicted octanol–water partition coefficient (Wildman–Crippen LogP) is 2.32. The Hall–Kier alpha value is -3.46. The van der Waals surface area contributed by atoms with Crippen LogP contribution in [-0.4, -0.2) is 47.9 Å². The van der Waals surface area contributed by atoms with E-state index in [-0.39, 0.29) is 23.2 Å². The molecule has 0 aliphatic carbocycles. The summed E-state index contributed by atoms with van der Waals surface area (Å²) in [5, 5.41) is 16.1. The average molecular weight is 412 g/mol. The van der Waals surface area contributed by atoms with Crippen molar-refractivity contribution >= 4 is 23.2 Å². The Morgan fingerprint density at radius 1 is 1.13 bits per heavy atom. The molecule has 3 rings (SSSR count). The number of carbonyl (C=O) groups is 2. The average Bonchev–Trinajstić information content (AvgIpc) is 2.76. The number of nitrogens with zero attached hydrogens (tertiary/aromatic N) is 2. The molecule has 1 heterocycles. The van der Waals surface area contributed by atoms with Crippen molar-refractivity contribution in [2.24, 2.45) is 0 Å². The largest absolute Gasteiger partial charge is 0.494 e. The number of hydrogen-bond acceptors (Lipinski definition) is 6. The van der Waals surface area contributed by atoms with Gasteiger partial charge < -0.3 is 15.4 Å². The molecule has 158 valence electrons. The number of non-ortho nitro benzene ring substituents is 1. The quantitative estimate of drug-likeness (QED) is 0.428. The maximum absolute atomic E-state index is 12.3. The molecule has 2 aromatic carbocycles. The smallest absolute Gasteiger partial charge is 0.313 e. The minimum Gasteiger partial charge on any atom is -0.494 e. The number of rotatable bonds is 6. The molecule has 9 heteroatoms. The lowest BCUT2D eigenvalue weighted by Gasteiger charge is -2.32. The van der Waals surface area contributed by atoms with Gasteiger partial charge in [0.25, 0.3) is 5.69 Å². The van der Waals surface area contributed by atoms with Crippen LogP contribution in [0.4, 0.5) is 11.4 Å². The van der Waals surface area contributed by atoms with Crippen LogP contribution in [-0.2, 0) is 16.1 Å². The molecule has 0 aromatic heterocycles. The number of likely N-dealkylation sites (tertiary alicyclic amines) is 1. The van der Waals surface area contributed by atoms with Crippen molar-refractivity contribution < 1.29 is 19.2 Å². The van der Waals surface area contributed by atoms with Gasteiger partial charge in [-0.15, -0.1) is 0 Å². The lowest BCUT2D eigenvalue weighted by molar-refractivity contribution is -0.384. The highest BCUT2D eigenvalue weighted by molar-refractivity contribution is 6.39. The van der Waals surface area contributed by atoms with Crippen LogP contribution < -0.4 is 15.4 Å². The third kappa shape index (κ3) is 5.54. The van der Waals surface area contributed by atoms with Gasteiger partial charge >= 0.3 is 11.8 Å². The molecular weight excluding hydrogens is 388 g/mol. The van der Waals surface area contributed by atoms with Gasteiger partial charge in [-0.25, -0.2) is 0 Å². The van der Waals surface area contributed by atoms with Crippen molar-refractivity contribution in [2.75, 3.05) is 25.5 Å². The Balaban J connectivity index is 1.49. The van der Waals surface area contributed by atoms with E-state index in [2.05, 4.69) is 27.7 Å². The monoisotopic (exact) mass is 412 g/mol. The van der Waals surface area contributed by atoms with Crippen molar-refractivity contribution in [3.63, 3.8) is 0 Å². The number of anilines is 1. The molecule has 2 amide bonds. The van der Waals surface area contributed by atoms with Gasteiger partial charge in [-0.3, -0.25) is 24.6 Å². The first-order chi connectivity index (χ1) is 14.5. The first kappa shape index (κ1) is 21.3. The maximum atomic E-state index is 12.3. The molecule has 1 saturated heterocycles. The highest BCUT2D eigenvalue weighted by atomic mass is 16.6. The van der Waals surface area contributed by atoms with Gasteiger partial charge in [0.1, 0.15) is 5.75 Å². The molecule has 30 heavy (non-hydrogen) atoms. The summed E-state index contributed by atoms with van der Waals surface area (Å²) < 4.78 is 5.07. The van der Waals surface area contributed by atoms with Gasteiger partial charge in [-0.05, 0) is 24.5 Å². The summed E-state index contributed by atoms with van der Waals surface area (Å²) >= 11 is 0. The highest BCUT2D eigenvalue weighted by Gasteiger charge is 2.24. The minimum absolute atomic E-state index is 0.0750. The number of carbonyl (C=O) groups excluding carboxylic acids is 2. The van der Waals surface area contributed by atoms with Gasteiger partial charge in [0.2, 0.25) is 0 Å². The summed E-state index contributed by atoms with van der Waals surface area (Å²) in [5.41, 5.74) is 1.27. The molecule has 0 saturated carbocycles. The third-order valence-corrected chi connectivity index (χ3v) is 5.02. The number of ether oxygens (including phenoxy) is 1. The fourth-order valence-electron chi connectivity index (χ4n) is 3.40. The Kier molecular flexibility index (Phi) is 6.97. The number of nitro groups is 1. The molecule has 1 aliphatic rings. The third-order valence-electron chi connectivity index (χ3n) is 5.02. The number of amides is 2. The zero-order chi connectivity index (χ0) is 21.5. The van der Waals surface area contributed by atoms with E-state index >= 15 is 0 Å². The topological polar surface area (TPSA) is 114 Å². The predicted molar refractivity (Wildman–Crippen MR) is 111 cm³/mol. The molecular formula is C21H24N4O5. The van der Waals surface area contributed by atoms with Crippen molar-refractivity contribution in [3.05, 3.63) is 64.2 Å². The van der Waals surface area contributed by atoms with Crippen molar-refractivity contribution in [3.8, 4) is 5.75 Å². The molecule has 2 N–H and O–H groups in total. The van der Waals surface area contributed by atoms with E-state index in [1.807, 2.05) is 18.2 Å². The number of benzene rings is 2. The van der Waals surface area contributed by atoms with Gasteiger partial charge in [-0.2, -0.15) is 0 Å². The number of hydrogen-bond donors (Lipinski definition) is 2. The van der Waals surface area contributed by atoms with E-state index in [1.165, 1.54) is 30.9 Å². The molecule has 0 atom stereocenters. The standard InChI is InChI=1S/C21H24N4O5/c1-30-19-13-17(25(28)29)7-8-18(19)23-21(27)20(26)22-16-9-11-24(12-10-16)14-15-5-3-2-4-6-15/h2-8,13,16H,9-12,14H2,1H3,(H,22,26)(H,23,27). The summed E-state index contributed by atoms with van der Waals surface area (Å²) in [6, 6.07) is 13.9.